The number of ether oxygens (including phenoxy) is 1. The Hall–Kier alpha value is -13.2. The van der Waals surface area contributed by atoms with Crippen LogP contribution in [0.15, 0.2) is 133 Å². The highest BCUT2D eigenvalue weighted by atomic mass is 19.4. The van der Waals surface area contributed by atoms with E-state index in [1.54, 1.807) is 84.9 Å². The normalized spacial score (nSPS) is 14.1. The van der Waals surface area contributed by atoms with E-state index in [1.165, 1.54) is 60.5 Å². The molecule has 0 unspecified atom stereocenters. The number of guanidine groups is 1. The topological polar surface area (TPSA) is 591 Å². The van der Waals surface area contributed by atoms with Crippen LogP contribution < -0.4 is 81.3 Å². The third-order valence-corrected chi connectivity index (χ3v) is 16.9. The maximum atomic E-state index is 14.8. The number of phenolic OH excluding ortho intramolecular Hbond substituents is 1. The lowest BCUT2D eigenvalue weighted by atomic mass is 10.0. The summed E-state index contributed by atoms with van der Waals surface area (Å²) in [6, 6.07) is 23.2. The number of benzene rings is 5. The Kier molecular flexibility index (Phi) is 38.1. The van der Waals surface area contributed by atoms with E-state index in [-0.39, 0.29) is 94.1 Å². The van der Waals surface area contributed by atoms with Crippen molar-refractivity contribution in [1.82, 2.24) is 52.8 Å². The van der Waals surface area contributed by atoms with Crippen molar-refractivity contribution < 1.29 is 118 Å². The van der Waals surface area contributed by atoms with E-state index in [9.17, 15) is 93.8 Å². The van der Waals surface area contributed by atoms with Gasteiger partial charge in [-0.2, -0.15) is 26.3 Å². The Bertz CT molecular complexity index is 4160. The molecule has 0 radical (unpaired) electrons. The number of phenols is 1. The van der Waals surface area contributed by atoms with E-state index < -0.39 is 169 Å². The number of nitrogens with two attached hydrogens (primary N) is 5. The average Bonchev–Trinajstić information content (AvgIpc) is 1.81. The molecule has 5 aromatic rings. The number of carboxylic acid groups (broad SMARTS) is 2. The monoisotopic (exact) mass is 1620 g/mol. The largest absolute Gasteiger partial charge is 0.508 e. The van der Waals surface area contributed by atoms with Gasteiger partial charge in [0.1, 0.15) is 59.8 Å². The molecule has 0 saturated carbocycles. The highest BCUT2D eigenvalue weighted by Crippen LogP contribution is 2.23. The van der Waals surface area contributed by atoms with Crippen LogP contribution in [-0.2, 0) is 81.6 Å². The van der Waals surface area contributed by atoms with E-state index >= 15 is 0 Å². The zero-order chi connectivity index (χ0) is 85.7. The number of unbranched alkanes of at least 4 members (excludes halogenated alkanes) is 1. The van der Waals surface area contributed by atoms with Crippen molar-refractivity contribution in [2.75, 3.05) is 33.3 Å². The lowest BCUT2D eigenvalue weighted by Gasteiger charge is -2.31. The first-order valence-corrected chi connectivity index (χ1v) is 35.3. The molecule has 1 heterocycles. The van der Waals surface area contributed by atoms with Crippen molar-refractivity contribution in [2.24, 2.45) is 28.7 Å². The Morgan fingerprint density at radius 2 is 0.957 bits per heavy atom. The molecule has 115 heavy (non-hydrogen) atoms. The van der Waals surface area contributed by atoms with Gasteiger partial charge in [-0.15, -0.1) is 0 Å². The van der Waals surface area contributed by atoms with Gasteiger partial charge in [0.2, 0.25) is 65.0 Å². The number of carbonyl (C=O) groups excluding carboxylic acids is 13. The van der Waals surface area contributed by atoms with Crippen LogP contribution in [0.25, 0.3) is 0 Å². The molecule has 622 valence electrons. The SMILES string of the molecule is COc1ccc(C[C@@H](NC(=O)CNC(=O)c2ccc(C(=O)c3ccccc3)cc2)C(=O)N[C@@H](Cc2ccccc2)C(=O)N[C@@H](CCC(N)=O)C(=O)N[C@@H](CC(N)=O)C(=O)N[C@@H](CCCCN)C(=O)N2CCC[C@H]2C(=O)N[C@@H](CCCNC(=N)N)C(=O)N[C@@H](Cc2ccc(O)cc2)C(N)=O)cc1.O=C(O)C(F)(F)F.O=C(O)C(F)(F)F. The van der Waals surface area contributed by atoms with Gasteiger partial charge in [-0.25, -0.2) is 9.59 Å². The summed E-state index contributed by atoms with van der Waals surface area (Å²) in [7, 11) is 1.46. The summed E-state index contributed by atoms with van der Waals surface area (Å²) < 4.78 is 68.8. The third-order valence-electron chi connectivity index (χ3n) is 16.9. The van der Waals surface area contributed by atoms with Crippen LogP contribution in [-0.4, -0.2) is 209 Å². The predicted octanol–water partition coefficient (Wildman–Crippen LogP) is -0.241. The number of ketones is 1. The standard InChI is InChI=1S/C70H88N16O15.2C2HF3O2/c1-101-48-29-21-43(22-30-48)38-53(79-59(90)40-78-62(93)46-25-23-45(24-26-46)60(91)44-14-6-3-7-15-44)65(96)84-54(37-41-12-4-2-5-13-41)66(97)80-50(31-32-57(72)88)64(95)85-55(39-58(73)89)67(98)82-51(16-8-9-33-71)69(100)86-35-11-18-56(86)68(99)81-49(17-10-34-77-70(75)76)63(94)83-52(61(74)92)36-42-19-27-47(87)28-20-42;2*3-2(4,5)1(6)7/h2-7,12-15,19-30,49-56,87H,8-11,16-18,31-40,71H2,1H3,(H2,72,88)(H2,73,89)(H2,74,92)(H,78,93)(H,79,90)(H,80,97)(H,81,99)(H,82,98)(H,83,94)(H,84,96)(H,85,95)(H4,75,76,77);2*(H,6,7)/t49-,50-,51-,52-,53+,54-,55-,56-;;/m0../s1. The molecule has 35 nitrogen and oxygen atoms in total. The number of carbonyl (C=O) groups is 15. The number of likely N-dealkylation sites (tertiary alicyclic amines) is 1. The number of rotatable bonds is 40. The van der Waals surface area contributed by atoms with Crippen LogP contribution in [0, 0.1) is 5.41 Å². The fourth-order valence-corrected chi connectivity index (χ4v) is 11.0. The van der Waals surface area contributed by atoms with Gasteiger partial charge in [0.05, 0.1) is 20.1 Å². The summed E-state index contributed by atoms with van der Waals surface area (Å²) in [5, 5.41) is 54.8. The molecule has 8 atom stereocenters. The smallest absolute Gasteiger partial charge is 0.490 e. The number of primary amides is 3. The second-order valence-corrected chi connectivity index (χ2v) is 25.7. The Morgan fingerprint density at radius 3 is 1.47 bits per heavy atom. The van der Waals surface area contributed by atoms with Crippen molar-refractivity contribution in [1.29, 1.82) is 5.41 Å². The number of nitrogens with one attached hydrogen (secondary N) is 10. The van der Waals surface area contributed by atoms with Crippen LogP contribution in [0.3, 0.4) is 0 Å². The zero-order valence-corrected chi connectivity index (χ0v) is 61.8. The fraction of sp³-hybridized carbons (Fsp3) is 0.378. The van der Waals surface area contributed by atoms with E-state index in [4.69, 9.17) is 58.6 Å². The van der Waals surface area contributed by atoms with Crippen molar-refractivity contribution >= 4 is 94.6 Å². The summed E-state index contributed by atoms with van der Waals surface area (Å²) in [5.41, 5.74) is 30.6. The highest BCUT2D eigenvalue weighted by Gasteiger charge is 2.42. The van der Waals surface area contributed by atoms with Gasteiger partial charge in [-0.05, 0) is 111 Å². The number of methoxy groups -OCH3 is 1. The van der Waals surface area contributed by atoms with Crippen molar-refractivity contribution in [3.05, 3.63) is 167 Å². The van der Waals surface area contributed by atoms with Crippen LogP contribution in [0.4, 0.5) is 26.3 Å². The number of alkyl halides is 6. The Balaban J connectivity index is 0.00000181. The summed E-state index contributed by atoms with van der Waals surface area (Å²) >= 11 is 0. The molecule has 12 amide bonds. The molecule has 6 rings (SSSR count). The van der Waals surface area contributed by atoms with Crippen LogP contribution in [0.2, 0.25) is 0 Å². The van der Waals surface area contributed by atoms with Gasteiger partial charge in [-0.1, -0.05) is 97.1 Å². The Morgan fingerprint density at radius 1 is 0.513 bits per heavy atom. The number of hydrogen-bond donors (Lipinski definition) is 18. The van der Waals surface area contributed by atoms with E-state index in [0.717, 1.165) is 0 Å². The van der Waals surface area contributed by atoms with E-state index in [2.05, 4.69) is 47.9 Å². The number of hydrogen-bond acceptors (Lipinski definition) is 19. The maximum Gasteiger partial charge on any atom is 0.490 e. The van der Waals surface area contributed by atoms with Crippen LogP contribution in [0.1, 0.15) is 107 Å². The minimum atomic E-state index is -5.08. The van der Waals surface area contributed by atoms with Gasteiger partial charge in [0.25, 0.3) is 5.91 Å². The molecule has 0 aromatic heterocycles. The summed E-state index contributed by atoms with van der Waals surface area (Å²) in [6.45, 7) is -0.335. The fourth-order valence-electron chi connectivity index (χ4n) is 11.0. The quantitative estimate of drug-likeness (QED) is 0.00791. The minimum absolute atomic E-state index is 0.000569. The second kappa shape index (κ2) is 46.6. The van der Waals surface area contributed by atoms with Crippen LogP contribution >= 0.6 is 0 Å². The van der Waals surface area contributed by atoms with Gasteiger partial charge in [-0.3, -0.25) is 67.7 Å². The molecular weight excluding hydrogens is 1530 g/mol. The number of halogens is 6. The van der Waals surface area contributed by atoms with Crippen LogP contribution in [0.5, 0.6) is 11.5 Å². The lowest BCUT2D eigenvalue weighted by molar-refractivity contribution is -0.193. The van der Waals surface area contributed by atoms with Gasteiger partial charge in [0, 0.05) is 55.5 Å². The number of aliphatic carboxylic acids is 2. The first kappa shape index (κ1) is 94.1. The molecule has 1 aliphatic rings. The molecule has 41 heteroatoms. The number of nitrogens with zero attached hydrogens (tertiary/aromatic N) is 1. The van der Waals surface area contributed by atoms with E-state index in [1.807, 2.05) is 0 Å². The van der Waals surface area contributed by atoms with Crippen molar-refractivity contribution in [3.8, 4) is 11.5 Å². The highest BCUT2D eigenvalue weighted by molar-refractivity contribution is 6.09. The van der Waals surface area contributed by atoms with Crippen molar-refractivity contribution in [2.45, 2.75) is 144 Å². The molecule has 1 fully saturated rings. The van der Waals surface area contributed by atoms with Gasteiger partial charge in [0.15, 0.2) is 11.7 Å². The summed E-state index contributed by atoms with van der Waals surface area (Å²) in [5.74, 6) is -16.6. The molecular formula is C74H90F6N16O19. The Labute approximate surface area is 653 Å². The second-order valence-electron chi connectivity index (χ2n) is 25.7. The van der Waals surface area contributed by atoms with Gasteiger partial charge < -0.3 is 101 Å². The number of amides is 12. The number of aromatic hydroxyl groups is 1. The zero-order valence-electron chi connectivity index (χ0n) is 61.8. The molecule has 0 spiro atoms. The molecule has 23 N–H and O–H groups in total. The third kappa shape index (κ3) is 33.7. The minimum Gasteiger partial charge on any atom is -0.508 e. The molecule has 0 bridgehead atoms. The lowest BCUT2D eigenvalue weighted by Crippen LogP contribution is -2.61. The van der Waals surface area contributed by atoms with Gasteiger partial charge >= 0.3 is 24.3 Å². The van der Waals surface area contributed by atoms with Crippen molar-refractivity contribution in [3.63, 3.8) is 0 Å². The molecule has 5 aromatic carbocycles. The molecule has 1 saturated heterocycles. The summed E-state index contributed by atoms with van der Waals surface area (Å²) in [4.78, 5) is 198. The predicted molar refractivity (Wildman–Crippen MR) is 396 cm³/mol. The molecule has 1 aliphatic heterocycles. The van der Waals surface area contributed by atoms with E-state index in [0.29, 0.717) is 46.4 Å². The summed E-state index contributed by atoms with van der Waals surface area (Å²) in [6.07, 6.45) is -11.5. The molecule has 0 aliphatic carbocycles. The maximum absolute atomic E-state index is 14.8. The first-order valence-electron chi connectivity index (χ1n) is 35.3. The average molecular weight is 1620 g/mol. The first-order chi connectivity index (χ1) is 54.2. The number of carboxylic acids is 2.